The van der Waals surface area contributed by atoms with E-state index in [-0.39, 0.29) is 4.83 Å². The smallest absolute Gasteiger partial charge is 0.0660 e. The Bertz CT molecular complexity index is 770. The number of fused-ring (bicyclic) bond motifs is 1. The molecule has 0 radical (unpaired) electrons. The van der Waals surface area contributed by atoms with Crippen molar-refractivity contribution in [1.29, 1.82) is 0 Å². The Morgan fingerprint density at radius 1 is 0.800 bits per heavy atom. The maximum absolute atomic E-state index is 6.29. The zero-order valence-electron chi connectivity index (χ0n) is 10.5. The second kappa shape index (κ2) is 6.04. The maximum Gasteiger partial charge on any atom is 0.0660 e. The van der Waals surface area contributed by atoms with Gasteiger partial charge < -0.3 is 0 Å². The number of hydrogen-bond donors (Lipinski definition) is 0. The molecule has 3 heteroatoms. The van der Waals surface area contributed by atoms with E-state index >= 15 is 0 Å². The van der Waals surface area contributed by atoms with Gasteiger partial charge in [0, 0.05) is 14.0 Å². The number of alkyl halides is 1. The van der Waals surface area contributed by atoms with Crippen LogP contribution in [0.2, 0.25) is 5.02 Å². The third kappa shape index (κ3) is 2.61. The molecular formula is C17H11BrClI. The van der Waals surface area contributed by atoms with Crippen LogP contribution in [0.4, 0.5) is 0 Å². The molecule has 0 bridgehead atoms. The van der Waals surface area contributed by atoms with Crippen LogP contribution in [0.3, 0.4) is 0 Å². The van der Waals surface area contributed by atoms with Crippen LogP contribution in [-0.4, -0.2) is 0 Å². The lowest BCUT2D eigenvalue weighted by atomic mass is 9.98. The van der Waals surface area contributed by atoms with E-state index in [1.807, 2.05) is 12.1 Å². The highest BCUT2D eigenvalue weighted by atomic mass is 127. The standard InChI is InChI=1S/C17H11BrClI/c18-17(14-7-3-4-8-16(14)20)13-9-10-15(19)12-6-2-1-5-11(12)13/h1-10,17H. The van der Waals surface area contributed by atoms with Crippen LogP contribution in [0.1, 0.15) is 16.0 Å². The summed E-state index contributed by atoms with van der Waals surface area (Å²) in [4.78, 5) is 0.165. The molecule has 0 aliphatic heterocycles. The molecule has 3 aromatic carbocycles. The molecule has 0 heterocycles. The first kappa shape index (κ1) is 14.4. The van der Waals surface area contributed by atoms with Crippen molar-refractivity contribution in [3.05, 3.63) is 80.4 Å². The van der Waals surface area contributed by atoms with Crippen LogP contribution in [-0.2, 0) is 0 Å². The molecule has 3 aromatic rings. The summed E-state index contributed by atoms with van der Waals surface area (Å²) >= 11 is 12.5. The fraction of sp³-hybridized carbons (Fsp3) is 0.0588. The van der Waals surface area contributed by atoms with Gasteiger partial charge in [-0.3, -0.25) is 0 Å². The Morgan fingerprint density at radius 3 is 2.20 bits per heavy atom. The van der Waals surface area contributed by atoms with Gasteiger partial charge in [0.05, 0.1) is 4.83 Å². The van der Waals surface area contributed by atoms with Gasteiger partial charge in [-0.15, -0.1) is 0 Å². The first-order chi connectivity index (χ1) is 9.68. The largest absolute Gasteiger partial charge is 0.0837 e. The Morgan fingerprint density at radius 2 is 1.45 bits per heavy atom. The maximum atomic E-state index is 6.29. The van der Waals surface area contributed by atoms with Gasteiger partial charge in [-0.1, -0.05) is 76.1 Å². The van der Waals surface area contributed by atoms with Crippen LogP contribution < -0.4 is 0 Å². The molecule has 1 unspecified atom stereocenters. The van der Waals surface area contributed by atoms with E-state index in [0.29, 0.717) is 0 Å². The minimum Gasteiger partial charge on any atom is -0.0837 e. The van der Waals surface area contributed by atoms with Crippen molar-refractivity contribution >= 4 is 60.9 Å². The number of benzene rings is 3. The quantitative estimate of drug-likeness (QED) is 0.301. The SMILES string of the molecule is Clc1ccc(C(Br)c2ccccc2I)c2ccccc12. The monoisotopic (exact) mass is 456 g/mol. The molecule has 0 amide bonds. The van der Waals surface area contributed by atoms with Crippen LogP contribution in [0, 0.1) is 3.57 Å². The summed E-state index contributed by atoms with van der Waals surface area (Å²) in [6.45, 7) is 0. The summed E-state index contributed by atoms with van der Waals surface area (Å²) in [6.07, 6.45) is 0. The third-order valence-electron chi connectivity index (χ3n) is 3.36. The molecule has 100 valence electrons. The molecule has 0 aromatic heterocycles. The van der Waals surface area contributed by atoms with Crippen molar-refractivity contribution in [3.8, 4) is 0 Å². The van der Waals surface area contributed by atoms with Gasteiger partial charge in [-0.2, -0.15) is 0 Å². The van der Waals surface area contributed by atoms with Crippen molar-refractivity contribution in [2.24, 2.45) is 0 Å². The lowest BCUT2D eigenvalue weighted by Gasteiger charge is -2.16. The summed E-state index contributed by atoms with van der Waals surface area (Å²) in [5.74, 6) is 0. The summed E-state index contributed by atoms with van der Waals surface area (Å²) in [5.41, 5.74) is 2.52. The van der Waals surface area contributed by atoms with Gasteiger partial charge in [0.2, 0.25) is 0 Å². The van der Waals surface area contributed by atoms with E-state index in [9.17, 15) is 0 Å². The normalized spacial score (nSPS) is 12.6. The van der Waals surface area contributed by atoms with Crippen LogP contribution >= 0.6 is 50.1 Å². The Balaban J connectivity index is 2.20. The molecule has 0 spiro atoms. The predicted octanol–water partition coefficient (Wildman–Crippen LogP) is 6.58. The molecule has 0 aliphatic carbocycles. The molecule has 0 nitrogen and oxygen atoms in total. The van der Waals surface area contributed by atoms with Crippen molar-refractivity contribution < 1.29 is 0 Å². The lowest BCUT2D eigenvalue weighted by molar-refractivity contribution is 1.18. The molecule has 3 rings (SSSR count). The van der Waals surface area contributed by atoms with Gasteiger partial charge in [0.1, 0.15) is 0 Å². The fourth-order valence-corrected chi connectivity index (χ4v) is 4.51. The summed E-state index contributed by atoms with van der Waals surface area (Å²) in [6, 6.07) is 20.8. The van der Waals surface area contributed by atoms with E-state index in [1.165, 1.54) is 20.1 Å². The average molecular weight is 458 g/mol. The third-order valence-corrected chi connectivity index (χ3v) is 5.65. The number of rotatable bonds is 2. The van der Waals surface area contributed by atoms with E-state index in [0.717, 1.165) is 10.4 Å². The van der Waals surface area contributed by atoms with Crippen molar-refractivity contribution in [1.82, 2.24) is 0 Å². The zero-order valence-corrected chi connectivity index (χ0v) is 15.0. The highest BCUT2D eigenvalue weighted by molar-refractivity contribution is 14.1. The summed E-state index contributed by atoms with van der Waals surface area (Å²) < 4.78 is 1.26. The highest BCUT2D eigenvalue weighted by Crippen LogP contribution is 2.38. The van der Waals surface area contributed by atoms with Gasteiger partial charge in [-0.25, -0.2) is 0 Å². The van der Waals surface area contributed by atoms with Crippen LogP contribution in [0.25, 0.3) is 10.8 Å². The predicted molar refractivity (Wildman–Crippen MR) is 98.9 cm³/mol. The van der Waals surface area contributed by atoms with Gasteiger partial charge in [-0.05, 0) is 51.2 Å². The molecule has 1 atom stereocenters. The van der Waals surface area contributed by atoms with Crippen LogP contribution in [0.5, 0.6) is 0 Å². The first-order valence-electron chi connectivity index (χ1n) is 6.24. The minimum atomic E-state index is 0.165. The van der Waals surface area contributed by atoms with E-state index in [2.05, 4.69) is 87.1 Å². The molecule has 0 saturated heterocycles. The number of hydrogen-bond acceptors (Lipinski definition) is 0. The Labute approximate surface area is 145 Å². The molecular weight excluding hydrogens is 446 g/mol. The number of halogens is 3. The van der Waals surface area contributed by atoms with E-state index in [1.54, 1.807) is 0 Å². The second-order valence-corrected chi connectivity index (χ2v) is 7.05. The lowest BCUT2D eigenvalue weighted by Crippen LogP contribution is -1.96. The van der Waals surface area contributed by atoms with Crippen molar-refractivity contribution in [3.63, 3.8) is 0 Å². The fourth-order valence-electron chi connectivity index (χ4n) is 2.35. The van der Waals surface area contributed by atoms with E-state index in [4.69, 9.17) is 11.6 Å². The molecule has 0 aliphatic rings. The van der Waals surface area contributed by atoms with E-state index < -0.39 is 0 Å². The zero-order chi connectivity index (χ0) is 14.1. The molecule has 0 saturated carbocycles. The molecule has 0 N–H and O–H groups in total. The van der Waals surface area contributed by atoms with Crippen molar-refractivity contribution in [2.45, 2.75) is 4.83 Å². The Hall–Kier alpha value is -0.580. The van der Waals surface area contributed by atoms with Gasteiger partial charge in [0.15, 0.2) is 0 Å². The summed E-state index contributed by atoms with van der Waals surface area (Å²) in [5, 5.41) is 3.09. The highest BCUT2D eigenvalue weighted by Gasteiger charge is 2.16. The van der Waals surface area contributed by atoms with Crippen molar-refractivity contribution in [2.75, 3.05) is 0 Å². The average Bonchev–Trinajstić information content (AvgIpc) is 2.48. The van der Waals surface area contributed by atoms with Crippen LogP contribution in [0.15, 0.2) is 60.7 Å². The topological polar surface area (TPSA) is 0 Å². The second-order valence-electron chi connectivity index (χ2n) is 4.57. The van der Waals surface area contributed by atoms with Gasteiger partial charge in [0.25, 0.3) is 0 Å². The molecule has 20 heavy (non-hydrogen) atoms. The van der Waals surface area contributed by atoms with Gasteiger partial charge >= 0.3 is 0 Å². The Kier molecular flexibility index (Phi) is 4.34. The first-order valence-corrected chi connectivity index (χ1v) is 8.61. The summed E-state index contributed by atoms with van der Waals surface area (Å²) in [7, 11) is 0. The minimum absolute atomic E-state index is 0.165. The molecule has 0 fully saturated rings.